The van der Waals surface area contributed by atoms with E-state index in [1.165, 1.54) is 24.0 Å². The minimum absolute atomic E-state index is 0.0910. The van der Waals surface area contributed by atoms with Crippen molar-refractivity contribution in [3.63, 3.8) is 0 Å². The zero-order valence-corrected chi connectivity index (χ0v) is 17.3. The predicted octanol–water partition coefficient (Wildman–Crippen LogP) is 3.11. The normalized spacial score (nSPS) is 16.0. The number of halogens is 3. The van der Waals surface area contributed by atoms with Gasteiger partial charge in [0, 0.05) is 31.8 Å². The number of nitrogens with zero attached hydrogens (tertiary/aromatic N) is 2. The van der Waals surface area contributed by atoms with Crippen LogP contribution in [0.25, 0.3) is 0 Å². The molecule has 0 bridgehead atoms. The van der Waals surface area contributed by atoms with Crippen LogP contribution in [0.15, 0.2) is 48.5 Å². The summed E-state index contributed by atoms with van der Waals surface area (Å²) in [7, 11) is 0. The van der Waals surface area contributed by atoms with Gasteiger partial charge in [-0.3, -0.25) is 9.59 Å². The van der Waals surface area contributed by atoms with Gasteiger partial charge in [0.05, 0.1) is 12.6 Å². The second kappa shape index (κ2) is 9.90. The van der Waals surface area contributed by atoms with Crippen LogP contribution >= 0.6 is 0 Å². The van der Waals surface area contributed by atoms with Gasteiger partial charge in [-0.2, -0.15) is 0 Å². The Morgan fingerprint density at radius 1 is 1.16 bits per heavy atom. The summed E-state index contributed by atoms with van der Waals surface area (Å²) in [6.45, 7) is 1.65. The third kappa shape index (κ3) is 6.13. The lowest BCUT2D eigenvalue weighted by Crippen LogP contribution is -2.42. The van der Waals surface area contributed by atoms with Gasteiger partial charge in [-0.1, -0.05) is 18.2 Å². The Kier molecular flexibility index (Phi) is 7.24. The zero-order chi connectivity index (χ0) is 23.3. The molecular formula is C22H23F3N2O5. The number of aliphatic hydroxyl groups excluding tert-OH is 1. The zero-order valence-electron chi connectivity index (χ0n) is 17.3. The van der Waals surface area contributed by atoms with Gasteiger partial charge in [0.25, 0.3) is 5.91 Å². The summed E-state index contributed by atoms with van der Waals surface area (Å²) in [5.74, 6) is -0.559. The van der Waals surface area contributed by atoms with Crippen LogP contribution in [0.3, 0.4) is 0 Å². The van der Waals surface area contributed by atoms with E-state index in [2.05, 4.69) is 4.74 Å². The fourth-order valence-corrected chi connectivity index (χ4v) is 3.59. The number of alkyl halides is 3. The largest absolute Gasteiger partial charge is 0.573 e. The van der Waals surface area contributed by atoms with Crippen LogP contribution in [0.5, 0.6) is 11.5 Å². The first kappa shape index (κ1) is 23.4. The van der Waals surface area contributed by atoms with E-state index in [9.17, 15) is 22.8 Å². The molecule has 10 heteroatoms. The third-order valence-electron chi connectivity index (χ3n) is 5.02. The Hall–Kier alpha value is -3.27. The van der Waals surface area contributed by atoms with E-state index in [0.29, 0.717) is 18.7 Å². The number of hydrogen-bond donors (Lipinski definition) is 1. The Labute approximate surface area is 182 Å². The van der Waals surface area contributed by atoms with E-state index in [0.717, 1.165) is 17.7 Å². The van der Waals surface area contributed by atoms with Crippen LogP contribution < -0.4 is 14.4 Å². The molecule has 1 atom stereocenters. The highest BCUT2D eigenvalue weighted by Gasteiger charge is 2.34. The minimum Gasteiger partial charge on any atom is -0.484 e. The molecule has 3 rings (SSSR count). The second-order valence-corrected chi connectivity index (χ2v) is 7.31. The summed E-state index contributed by atoms with van der Waals surface area (Å²) >= 11 is 0. The molecule has 1 unspecified atom stereocenters. The molecule has 1 heterocycles. The van der Waals surface area contributed by atoms with Gasteiger partial charge in [0.1, 0.15) is 11.5 Å². The highest BCUT2D eigenvalue weighted by Crippen LogP contribution is 2.30. The molecule has 2 aromatic rings. The molecule has 2 amide bonds. The second-order valence-electron chi connectivity index (χ2n) is 7.31. The number of carbonyl (C=O) groups excluding carboxylic acids is 2. The standard InChI is InChI=1S/C22H23F3N2O5/c1-15(29)27(17-3-2-4-20(11-17)32-22(23,24)25)18-9-10-26(12-18)21(30)14-31-19-7-5-16(13-28)6-8-19/h2-8,11,18,28H,9-10,12-14H2,1H3. The average molecular weight is 452 g/mol. The van der Waals surface area contributed by atoms with Gasteiger partial charge in [-0.15, -0.1) is 13.2 Å². The van der Waals surface area contributed by atoms with E-state index in [-0.39, 0.29) is 43.3 Å². The van der Waals surface area contributed by atoms with Gasteiger partial charge in [0.2, 0.25) is 5.91 Å². The van der Waals surface area contributed by atoms with Crippen molar-refractivity contribution in [1.82, 2.24) is 4.90 Å². The Morgan fingerprint density at radius 3 is 2.50 bits per heavy atom. The van der Waals surface area contributed by atoms with E-state index in [1.807, 2.05) is 0 Å². The maximum atomic E-state index is 12.5. The van der Waals surface area contributed by atoms with Crippen molar-refractivity contribution in [1.29, 1.82) is 0 Å². The number of amides is 2. The summed E-state index contributed by atoms with van der Waals surface area (Å²) in [4.78, 5) is 27.8. The predicted molar refractivity (Wildman–Crippen MR) is 109 cm³/mol. The summed E-state index contributed by atoms with van der Waals surface area (Å²) in [6.07, 6.45) is -4.37. The number of benzene rings is 2. The number of carbonyl (C=O) groups is 2. The Morgan fingerprint density at radius 2 is 1.88 bits per heavy atom. The van der Waals surface area contributed by atoms with Gasteiger partial charge >= 0.3 is 6.36 Å². The maximum absolute atomic E-state index is 12.5. The van der Waals surface area contributed by atoms with E-state index < -0.39 is 12.1 Å². The van der Waals surface area contributed by atoms with Crippen molar-refractivity contribution in [3.8, 4) is 11.5 Å². The van der Waals surface area contributed by atoms with Gasteiger partial charge in [0.15, 0.2) is 6.61 Å². The van der Waals surface area contributed by atoms with Crippen LogP contribution in [-0.2, 0) is 16.2 Å². The quantitative estimate of drug-likeness (QED) is 0.699. The van der Waals surface area contributed by atoms with Gasteiger partial charge in [-0.05, 0) is 36.2 Å². The first-order valence-electron chi connectivity index (χ1n) is 9.92. The number of anilines is 1. The monoisotopic (exact) mass is 452 g/mol. The first-order valence-corrected chi connectivity index (χ1v) is 9.92. The molecule has 7 nitrogen and oxygen atoms in total. The molecule has 0 radical (unpaired) electrons. The molecule has 172 valence electrons. The van der Waals surface area contributed by atoms with Crippen LogP contribution in [0.1, 0.15) is 18.9 Å². The summed E-state index contributed by atoms with van der Waals surface area (Å²) in [6, 6.07) is 11.5. The number of ether oxygens (including phenoxy) is 2. The summed E-state index contributed by atoms with van der Waals surface area (Å²) in [5, 5.41) is 9.06. The highest BCUT2D eigenvalue weighted by molar-refractivity contribution is 5.92. The third-order valence-corrected chi connectivity index (χ3v) is 5.02. The fourth-order valence-electron chi connectivity index (χ4n) is 3.59. The Bertz CT molecular complexity index is 949. The molecule has 0 aromatic heterocycles. The lowest BCUT2D eigenvalue weighted by Gasteiger charge is -2.28. The van der Waals surface area contributed by atoms with Crippen molar-refractivity contribution in [2.45, 2.75) is 32.4 Å². The van der Waals surface area contributed by atoms with Crippen LogP contribution in [0, 0.1) is 0 Å². The molecule has 32 heavy (non-hydrogen) atoms. The molecular weight excluding hydrogens is 429 g/mol. The molecule has 1 aliphatic rings. The van der Waals surface area contributed by atoms with Crippen molar-refractivity contribution in [2.24, 2.45) is 0 Å². The summed E-state index contributed by atoms with van der Waals surface area (Å²) < 4.78 is 47.1. The molecule has 1 saturated heterocycles. The SMILES string of the molecule is CC(=O)N(c1cccc(OC(F)(F)F)c1)C1CCN(C(=O)COc2ccc(CO)cc2)C1. The van der Waals surface area contributed by atoms with Crippen LogP contribution in [0.4, 0.5) is 18.9 Å². The molecule has 1 aliphatic heterocycles. The molecule has 0 aliphatic carbocycles. The number of hydrogen-bond acceptors (Lipinski definition) is 5. The van der Waals surface area contributed by atoms with Gasteiger partial charge in [-0.25, -0.2) is 0 Å². The highest BCUT2D eigenvalue weighted by atomic mass is 19.4. The molecule has 2 aromatic carbocycles. The lowest BCUT2D eigenvalue weighted by molar-refractivity contribution is -0.274. The number of rotatable bonds is 7. The van der Waals surface area contributed by atoms with E-state index in [1.54, 1.807) is 29.2 Å². The van der Waals surface area contributed by atoms with Crippen LogP contribution in [0.2, 0.25) is 0 Å². The number of aliphatic hydroxyl groups is 1. The summed E-state index contributed by atoms with van der Waals surface area (Å²) in [5.41, 5.74) is 0.985. The van der Waals surface area contributed by atoms with Crippen molar-refractivity contribution in [2.75, 3.05) is 24.6 Å². The topological polar surface area (TPSA) is 79.3 Å². The molecule has 0 saturated carbocycles. The maximum Gasteiger partial charge on any atom is 0.573 e. The Balaban J connectivity index is 1.63. The minimum atomic E-state index is -4.84. The lowest BCUT2D eigenvalue weighted by atomic mass is 10.1. The van der Waals surface area contributed by atoms with Crippen molar-refractivity contribution in [3.05, 3.63) is 54.1 Å². The smallest absolute Gasteiger partial charge is 0.484 e. The molecule has 1 N–H and O–H groups in total. The van der Waals surface area contributed by atoms with E-state index >= 15 is 0 Å². The molecule has 0 spiro atoms. The van der Waals surface area contributed by atoms with Crippen molar-refractivity contribution >= 4 is 17.5 Å². The average Bonchev–Trinajstić information content (AvgIpc) is 3.21. The van der Waals surface area contributed by atoms with Crippen molar-refractivity contribution < 1.29 is 37.3 Å². The number of likely N-dealkylation sites (tertiary alicyclic amines) is 1. The fraction of sp³-hybridized carbons (Fsp3) is 0.364. The first-order chi connectivity index (χ1) is 15.2. The van der Waals surface area contributed by atoms with Gasteiger partial charge < -0.3 is 24.4 Å². The van der Waals surface area contributed by atoms with E-state index in [4.69, 9.17) is 9.84 Å². The molecule has 1 fully saturated rings. The van der Waals surface area contributed by atoms with Crippen LogP contribution in [-0.4, -0.2) is 53.9 Å².